The third-order valence-corrected chi connectivity index (χ3v) is 9.24. The zero-order valence-corrected chi connectivity index (χ0v) is 33.6. The van der Waals surface area contributed by atoms with Crippen molar-refractivity contribution in [3.05, 3.63) is 135 Å². The molecule has 0 spiro atoms. The van der Waals surface area contributed by atoms with E-state index in [0.29, 0.717) is 29.2 Å². The molecule has 0 fully saturated rings. The maximum Gasteiger partial charge on any atom is 0.390 e. The minimum Gasteiger partial charge on any atom is -0.497 e. The number of aromatic nitrogens is 6. The van der Waals surface area contributed by atoms with Crippen LogP contribution in [0.3, 0.4) is 0 Å². The highest BCUT2D eigenvalue weighted by Gasteiger charge is 2.26. The van der Waals surface area contributed by atoms with Gasteiger partial charge in [-0.1, -0.05) is 36.4 Å². The Kier molecular flexibility index (Phi) is 13.7. The average molecular weight is 835 g/mol. The molecule has 3 aromatic carbocycles. The van der Waals surface area contributed by atoms with Crippen molar-refractivity contribution in [1.82, 2.24) is 34.7 Å². The predicted molar refractivity (Wildman–Crippen MR) is 219 cm³/mol. The summed E-state index contributed by atoms with van der Waals surface area (Å²) >= 11 is 0. The van der Waals surface area contributed by atoms with E-state index in [1.165, 1.54) is 47.5 Å². The van der Waals surface area contributed by atoms with Crippen molar-refractivity contribution in [2.24, 2.45) is 0 Å². The van der Waals surface area contributed by atoms with Crippen molar-refractivity contribution >= 4 is 41.1 Å². The third-order valence-electron chi connectivity index (χ3n) is 9.24. The fourth-order valence-corrected chi connectivity index (χ4v) is 6.06. The number of carbonyl (C=O) groups excluding carboxylic acids is 4. The zero-order valence-electron chi connectivity index (χ0n) is 33.6. The molecule has 61 heavy (non-hydrogen) atoms. The maximum absolute atomic E-state index is 14.1. The van der Waals surface area contributed by atoms with E-state index < -0.39 is 34.4 Å². The minimum absolute atomic E-state index is 0.00218. The predicted octanol–water partition coefficient (Wildman–Crippen LogP) is 4.54. The van der Waals surface area contributed by atoms with Gasteiger partial charge in [-0.2, -0.15) is 14.9 Å². The number of carbonyl (C=O) groups is 4. The Bertz CT molecular complexity index is 2510. The van der Waals surface area contributed by atoms with Crippen molar-refractivity contribution in [3.8, 4) is 17.2 Å². The molecular formula is C41H42N10O10. The lowest BCUT2D eigenvalue weighted by atomic mass is 10.2. The van der Waals surface area contributed by atoms with E-state index in [9.17, 15) is 29.3 Å². The second-order valence-corrected chi connectivity index (χ2v) is 13.3. The van der Waals surface area contributed by atoms with Crippen molar-refractivity contribution in [3.63, 3.8) is 0 Å². The summed E-state index contributed by atoms with van der Waals surface area (Å²) in [5.41, 5.74) is 2.22. The second kappa shape index (κ2) is 19.6. The first-order valence-corrected chi connectivity index (χ1v) is 18.7. The lowest BCUT2D eigenvalue weighted by molar-refractivity contribution is -0.389. The Balaban J connectivity index is 1.28. The summed E-state index contributed by atoms with van der Waals surface area (Å²) in [6.07, 6.45) is 0.455. The normalized spacial score (nSPS) is 10.8. The Labute approximate surface area is 348 Å². The van der Waals surface area contributed by atoms with E-state index in [4.69, 9.17) is 14.2 Å². The van der Waals surface area contributed by atoms with E-state index in [1.807, 2.05) is 12.1 Å². The highest BCUT2D eigenvalue weighted by atomic mass is 16.6. The first-order chi connectivity index (χ1) is 29.5. The molecule has 6 aromatic rings. The number of hydrogen-bond donors (Lipinski definition) is 3. The van der Waals surface area contributed by atoms with E-state index in [-0.39, 0.29) is 61.3 Å². The van der Waals surface area contributed by atoms with Crippen LogP contribution in [0, 0.1) is 10.1 Å². The Morgan fingerprint density at radius 3 is 1.38 bits per heavy atom. The van der Waals surface area contributed by atoms with Gasteiger partial charge in [-0.05, 0) is 64.4 Å². The summed E-state index contributed by atoms with van der Waals surface area (Å²) in [5.74, 6) is -1.02. The van der Waals surface area contributed by atoms with Gasteiger partial charge in [0.2, 0.25) is 0 Å². The number of amides is 3. The molecule has 0 aliphatic carbocycles. The molecule has 20 nitrogen and oxygen atoms in total. The molecule has 316 valence electrons. The summed E-state index contributed by atoms with van der Waals surface area (Å²) in [6.45, 7) is 0.439. The van der Waals surface area contributed by atoms with Crippen molar-refractivity contribution < 1.29 is 43.0 Å². The number of nitrogens with zero attached hydrogens (tertiary/aromatic N) is 7. The van der Waals surface area contributed by atoms with E-state index in [2.05, 4.69) is 36.0 Å². The first-order valence-electron chi connectivity index (χ1n) is 18.7. The molecule has 3 aromatic heterocycles. The summed E-state index contributed by atoms with van der Waals surface area (Å²) in [6, 6.07) is 25.0. The fourth-order valence-electron chi connectivity index (χ4n) is 6.06. The third kappa shape index (κ3) is 10.9. The molecule has 0 saturated carbocycles. The Morgan fingerprint density at radius 1 is 0.590 bits per heavy atom. The lowest BCUT2D eigenvalue weighted by Crippen LogP contribution is -2.27. The van der Waals surface area contributed by atoms with Crippen LogP contribution in [0.4, 0.5) is 17.5 Å². The molecule has 0 saturated heterocycles. The highest BCUT2D eigenvalue weighted by Crippen LogP contribution is 2.22. The smallest absolute Gasteiger partial charge is 0.390 e. The Morgan fingerprint density at radius 2 is 0.984 bits per heavy atom. The molecule has 0 aliphatic heterocycles. The molecule has 6 rings (SSSR count). The van der Waals surface area contributed by atoms with E-state index in [1.54, 1.807) is 67.8 Å². The van der Waals surface area contributed by atoms with Gasteiger partial charge in [0.15, 0.2) is 17.3 Å². The Hall–Kier alpha value is -8.03. The van der Waals surface area contributed by atoms with E-state index >= 15 is 0 Å². The van der Waals surface area contributed by atoms with Crippen molar-refractivity contribution in [2.75, 3.05) is 45.6 Å². The van der Waals surface area contributed by atoms with Gasteiger partial charge in [0, 0.05) is 25.1 Å². The molecule has 3 heterocycles. The average Bonchev–Trinajstić information content (AvgIpc) is 4.00. The lowest BCUT2D eigenvalue weighted by Gasteiger charge is -2.09. The van der Waals surface area contributed by atoms with Crippen LogP contribution in [0.25, 0.3) is 0 Å². The summed E-state index contributed by atoms with van der Waals surface area (Å²) < 4.78 is 24.4. The number of esters is 1. The largest absolute Gasteiger partial charge is 0.497 e. The van der Waals surface area contributed by atoms with Crippen LogP contribution in [-0.4, -0.2) is 92.9 Å². The number of hydrogen-bond acceptors (Lipinski definition) is 13. The van der Waals surface area contributed by atoms with Gasteiger partial charge in [-0.3, -0.25) is 28.5 Å². The molecule has 0 aliphatic rings. The minimum atomic E-state index is -0.769. The molecule has 3 amide bonds. The monoisotopic (exact) mass is 834 g/mol. The molecule has 0 bridgehead atoms. The van der Waals surface area contributed by atoms with Gasteiger partial charge < -0.3 is 45.0 Å². The van der Waals surface area contributed by atoms with Crippen molar-refractivity contribution in [1.29, 1.82) is 0 Å². The number of anilines is 2. The van der Waals surface area contributed by atoms with Crippen LogP contribution in [0.2, 0.25) is 0 Å². The maximum atomic E-state index is 14.1. The number of ether oxygens (including phenoxy) is 4. The van der Waals surface area contributed by atoms with Gasteiger partial charge >= 0.3 is 11.8 Å². The van der Waals surface area contributed by atoms with Crippen LogP contribution in [0.15, 0.2) is 91.0 Å². The molecule has 0 atom stereocenters. The number of rotatable bonds is 19. The second-order valence-electron chi connectivity index (χ2n) is 13.3. The highest BCUT2D eigenvalue weighted by molar-refractivity contribution is 6.06. The molecule has 20 heteroatoms. The van der Waals surface area contributed by atoms with Gasteiger partial charge in [-0.15, -0.1) is 0 Å². The van der Waals surface area contributed by atoms with Crippen LogP contribution in [0.5, 0.6) is 17.2 Å². The van der Waals surface area contributed by atoms with Gasteiger partial charge in [0.05, 0.1) is 59.2 Å². The van der Waals surface area contributed by atoms with Crippen LogP contribution in [0.1, 0.15) is 61.0 Å². The quantitative estimate of drug-likeness (QED) is 0.0440. The van der Waals surface area contributed by atoms with Crippen LogP contribution >= 0.6 is 0 Å². The molecule has 0 unspecified atom stereocenters. The van der Waals surface area contributed by atoms with Crippen LogP contribution < -0.4 is 30.2 Å². The molecular weight excluding hydrogens is 793 g/mol. The topological polar surface area (TPSA) is 238 Å². The number of benzene rings is 3. The fraction of sp³-hybridized carbons (Fsp3) is 0.244. The molecule has 3 N–H and O–H groups in total. The van der Waals surface area contributed by atoms with Crippen molar-refractivity contribution in [2.45, 2.75) is 32.5 Å². The van der Waals surface area contributed by atoms with Crippen LogP contribution in [-0.2, 0) is 29.2 Å². The first kappa shape index (κ1) is 42.6. The number of methoxy groups -OCH3 is 4. The molecule has 0 radical (unpaired) electrons. The number of nitrogens with one attached hydrogen (secondary N) is 3. The van der Waals surface area contributed by atoms with Gasteiger partial charge in [0.25, 0.3) is 17.7 Å². The van der Waals surface area contributed by atoms with Gasteiger partial charge in [0.1, 0.15) is 28.6 Å². The van der Waals surface area contributed by atoms with E-state index in [0.717, 1.165) is 17.2 Å². The standard InChI is InChI=1S/C41H42N10O10/c1-58-29-13-7-26(8-14-29)23-48-32(39(53)42-19-5-6-38(52)61-4)20-35(45-48)43-40(54)33-21-36(46-49(33)24-27-9-15-30(59-2)16-10-27)44-41(55)34-22-37(51(56)57)47-50(34)25-28-11-17-31(60-3)18-12-28/h7-18,20-22H,5-6,19,23-25H2,1-4H3,(H,42,53)(H,43,45,54)(H,44,46,55). The summed E-state index contributed by atoms with van der Waals surface area (Å²) in [4.78, 5) is 63.8. The van der Waals surface area contributed by atoms with Gasteiger partial charge in [-0.25, -0.2) is 0 Å². The SMILES string of the molecule is COC(=O)CCCNC(=O)c1cc(NC(=O)c2cc(NC(=O)c3cc([N+](=O)[O-])nn3Cc3ccc(OC)cc3)nn2Cc2ccc(OC)cc2)nn1Cc1ccc(OC)cc1. The zero-order chi connectivity index (χ0) is 43.5. The number of nitro groups is 1. The summed E-state index contributed by atoms with van der Waals surface area (Å²) in [7, 11) is 5.90. The summed E-state index contributed by atoms with van der Waals surface area (Å²) in [5, 5.41) is 33.0.